The molecule has 2 aromatic rings. The summed E-state index contributed by atoms with van der Waals surface area (Å²) in [5.74, 6) is -1.28. The summed E-state index contributed by atoms with van der Waals surface area (Å²) in [6.07, 6.45) is 0.301. The number of hydrazone groups is 1. The Balaban J connectivity index is 1.90. The predicted molar refractivity (Wildman–Crippen MR) is 113 cm³/mol. The molecular formula is C21H22BrN3O3. The zero-order valence-corrected chi connectivity index (χ0v) is 17.4. The molecule has 1 amide bonds. The molecule has 0 aromatic heterocycles. The molecule has 0 saturated heterocycles. The molecule has 1 aliphatic heterocycles. The fraction of sp³-hybridized carbons (Fsp3) is 0.286. The number of carbonyl (C=O) groups excluding carboxylic acids is 1. The van der Waals surface area contributed by atoms with Gasteiger partial charge in [0.2, 0.25) is 5.91 Å². The highest BCUT2D eigenvalue weighted by molar-refractivity contribution is 9.10. The molecule has 7 heteroatoms. The second-order valence-corrected chi connectivity index (χ2v) is 7.81. The molecule has 0 aliphatic carbocycles. The Hall–Kier alpha value is -2.67. The third-order valence-electron chi connectivity index (χ3n) is 4.67. The first-order valence-corrected chi connectivity index (χ1v) is 9.79. The van der Waals surface area contributed by atoms with Crippen LogP contribution < -0.4 is 4.90 Å². The Morgan fingerprint density at radius 2 is 1.89 bits per heavy atom. The Labute approximate surface area is 172 Å². The van der Waals surface area contributed by atoms with Crippen molar-refractivity contribution in [1.29, 1.82) is 0 Å². The molecule has 146 valence electrons. The van der Waals surface area contributed by atoms with Crippen LogP contribution in [0.25, 0.3) is 0 Å². The molecule has 2 aromatic carbocycles. The van der Waals surface area contributed by atoms with E-state index in [4.69, 9.17) is 5.11 Å². The minimum absolute atomic E-state index is 0.0732. The monoisotopic (exact) mass is 443 g/mol. The van der Waals surface area contributed by atoms with E-state index in [1.807, 2.05) is 67.5 Å². The van der Waals surface area contributed by atoms with Gasteiger partial charge >= 0.3 is 5.97 Å². The Kier molecular flexibility index (Phi) is 6.14. The second kappa shape index (κ2) is 8.56. The number of aliphatic carboxylic acids is 1. The number of hydrogen-bond acceptors (Lipinski definition) is 4. The molecule has 1 heterocycles. The molecular weight excluding hydrogens is 422 g/mol. The van der Waals surface area contributed by atoms with Crippen LogP contribution in [0.4, 0.5) is 5.69 Å². The molecule has 0 fully saturated rings. The van der Waals surface area contributed by atoms with Crippen LogP contribution in [0.5, 0.6) is 0 Å². The predicted octanol–water partition coefficient (Wildman–Crippen LogP) is 4.06. The van der Waals surface area contributed by atoms with Crippen LogP contribution in [0.15, 0.2) is 58.1 Å². The smallest absolute Gasteiger partial charge is 0.303 e. The van der Waals surface area contributed by atoms with Gasteiger partial charge in [-0.2, -0.15) is 5.10 Å². The maximum absolute atomic E-state index is 12.7. The first kappa shape index (κ1) is 20.1. The highest BCUT2D eigenvalue weighted by Gasteiger charge is 2.33. The molecule has 1 N–H and O–H groups in total. The molecule has 3 rings (SSSR count). The van der Waals surface area contributed by atoms with E-state index in [1.54, 1.807) is 0 Å². The summed E-state index contributed by atoms with van der Waals surface area (Å²) in [4.78, 5) is 25.6. The standard InChI is InChI=1S/C21H22BrN3O3/c1-24(2)17-8-6-14(7-9-17)18-13-19(15-4-3-5-16(22)12-15)25(23-18)20(26)10-11-21(27)28/h3-9,12,19H,10-11,13H2,1-2H3,(H,27,28)/t19-/m1/s1. The Bertz CT molecular complexity index is 909. The maximum Gasteiger partial charge on any atom is 0.303 e. The summed E-state index contributed by atoms with van der Waals surface area (Å²) in [6, 6.07) is 15.6. The van der Waals surface area contributed by atoms with E-state index >= 15 is 0 Å². The van der Waals surface area contributed by atoms with Crippen molar-refractivity contribution in [2.24, 2.45) is 5.10 Å². The van der Waals surface area contributed by atoms with Crippen LogP contribution in [-0.4, -0.2) is 41.8 Å². The SMILES string of the molecule is CN(C)c1ccc(C2=NN(C(=O)CCC(=O)O)[C@@H](c3cccc(Br)c3)C2)cc1. The van der Waals surface area contributed by atoms with E-state index in [0.717, 1.165) is 27.0 Å². The van der Waals surface area contributed by atoms with Crippen LogP contribution in [0.1, 0.15) is 36.4 Å². The number of hydrogen-bond donors (Lipinski definition) is 1. The highest BCUT2D eigenvalue weighted by atomic mass is 79.9. The maximum atomic E-state index is 12.7. The number of rotatable bonds is 6. The fourth-order valence-corrected chi connectivity index (χ4v) is 3.59. The lowest BCUT2D eigenvalue weighted by Crippen LogP contribution is -2.27. The highest BCUT2D eigenvalue weighted by Crippen LogP contribution is 2.34. The van der Waals surface area contributed by atoms with Crippen molar-refractivity contribution in [2.75, 3.05) is 19.0 Å². The van der Waals surface area contributed by atoms with Crippen LogP contribution >= 0.6 is 15.9 Å². The summed E-state index contributed by atoms with van der Waals surface area (Å²) in [6.45, 7) is 0. The van der Waals surface area contributed by atoms with Gasteiger partial charge in [-0.1, -0.05) is 40.2 Å². The van der Waals surface area contributed by atoms with Gasteiger partial charge in [-0.25, -0.2) is 5.01 Å². The van der Waals surface area contributed by atoms with Crippen molar-refractivity contribution >= 4 is 39.2 Å². The summed E-state index contributed by atoms with van der Waals surface area (Å²) in [7, 11) is 3.96. The van der Waals surface area contributed by atoms with Crippen molar-refractivity contribution in [1.82, 2.24) is 5.01 Å². The van der Waals surface area contributed by atoms with Gasteiger partial charge in [-0.15, -0.1) is 0 Å². The van der Waals surface area contributed by atoms with Crippen LogP contribution in [-0.2, 0) is 9.59 Å². The molecule has 0 radical (unpaired) electrons. The largest absolute Gasteiger partial charge is 0.481 e. The molecule has 1 atom stereocenters. The van der Waals surface area contributed by atoms with Gasteiger partial charge in [-0.05, 0) is 35.4 Å². The number of anilines is 1. The van der Waals surface area contributed by atoms with Crippen LogP contribution in [0.3, 0.4) is 0 Å². The molecule has 0 saturated carbocycles. The molecule has 6 nitrogen and oxygen atoms in total. The minimum atomic E-state index is -0.991. The van der Waals surface area contributed by atoms with Crippen molar-refractivity contribution < 1.29 is 14.7 Å². The van der Waals surface area contributed by atoms with Gasteiger partial charge in [0.25, 0.3) is 0 Å². The zero-order chi connectivity index (χ0) is 20.3. The topological polar surface area (TPSA) is 73.2 Å². The number of carbonyl (C=O) groups is 2. The molecule has 0 spiro atoms. The van der Waals surface area contributed by atoms with Gasteiger partial charge in [-0.3, -0.25) is 9.59 Å². The van der Waals surface area contributed by atoms with Crippen molar-refractivity contribution in [2.45, 2.75) is 25.3 Å². The van der Waals surface area contributed by atoms with E-state index in [1.165, 1.54) is 5.01 Å². The first-order chi connectivity index (χ1) is 13.3. The van der Waals surface area contributed by atoms with Gasteiger partial charge < -0.3 is 10.0 Å². The lowest BCUT2D eigenvalue weighted by Gasteiger charge is -2.22. The van der Waals surface area contributed by atoms with E-state index in [2.05, 4.69) is 21.0 Å². The molecule has 0 unspecified atom stereocenters. The van der Waals surface area contributed by atoms with Gasteiger partial charge in [0, 0.05) is 37.1 Å². The summed E-state index contributed by atoms with van der Waals surface area (Å²) < 4.78 is 0.923. The molecule has 0 bridgehead atoms. The molecule has 28 heavy (non-hydrogen) atoms. The van der Waals surface area contributed by atoms with Crippen molar-refractivity contribution in [3.63, 3.8) is 0 Å². The zero-order valence-electron chi connectivity index (χ0n) is 15.8. The summed E-state index contributed by atoms with van der Waals surface area (Å²) in [5, 5.41) is 14.9. The average Bonchev–Trinajstić information content (AvgIpc) is 3.11. The van der Waals surface area contributed by atoms with Crippen molar-refractivity contribution in [3.05, 3.63) is 64.1 Å². The number of carboxylic acid groups (broad SMARTS) is 1. The van der Waals surface area contributed by atoms with Crippen molar-refractivity contribution in [3.8, 4) is 0 Å². The number of amides is 1. The molecule has 1 aliphatic rings. The third-order valence-corrected chi connectivity index (χ3v) is 5.16. The minimum Gasteiger partial charge on any atom is -0.481 e. The van der Waals surface area contributed by atoms with E-state index in [0.29, 0.717) is 6.42 Å². The third kappa shape index (κ3) is 4.59. The van der Waals surface area contributed by atoms with Crippen LogP contribution in [0.2, 0.25) is 0 Å². The quantitative estimate of drug-likeness (QED) is 0.730. The number of halogens is 1. The second-order valence-electron chi connectivity index (χ2n) is 6.89. The lowest BCUT2D eigenvalue weighted by atomic mass is 9.98. The summed E-state index contributed by atoms with van der Waals surface area (Å²) in [5.41, 5.74) is 3.82. The number of carboxylic acids is 1. The normalized spacial score (nSPS) is 16.0. The van der Waals surface area contributed by atoms with E-state index in [-0.39, 0.29) is 24.8 Å². The Morgan fingerprint density at radius 3 is 2.50 bits per heavy atom. The van der Waals surface area contributed by atoms with Gasteiger partial charge in [0.1, 0.15) is 0 Å². The van der Waals surface area contributed by atoms with Crippen LogP contribution in [0, 0.1) is 0 Å². The van der Waals surface area contributed by atoms with E-state index in [9.17, 15) is 9.59 Å². The van der Waals surface area contributed by atoms with E-state index < -0.39 is 5.97 Å². The van der Waals surface area contributed by atoms with Gasteiger partial charge in [0.15, 0.2) is 0 Å². The average molecular weight is 444 g/mol. The lowest BCUT2D eigenvalue weighted by molar-refractivity contribution is -0.141. The Morgan fingerprint density at radius 1 is 1.18 bits per heavy atom. The summed E-state index contributed by atoms with van der Waals surface area (Å²) >= 11 is 3.47. The number of nitrogens with zero attached hydrogens (tertiary/aromatic N) is 3. The van der Waals surface area contributed by atoms with Gasteiger partial charge in [0.05, 0.1) is 18.2 Å². The number of benzene rings is 2. The fourth-order valence-electron chi connectivity index (χ4n) is 3.17. The first-order valence-electron chi connectivity index (χ1n) is 8.99.